The molecule has 1 saturated heterocycles. The number of thioether (sulfide) groups is 1. The summed E-state index contributed by atoms with van der Waals surface area (Å²) in [5.74, 6) is 2.26. The molecule has 1 unspecified atom stereocenters. The summed E-state index contributed by atoms with van der Waals surface area (Å²) in [5.41, 5.74) is 1.68. The standard InChI is InChI=1S/C16H14N2O3S/c19-15(11-3-4-13-14(8-11)21-10-20-13)18-6-7-22-16(18)12-2-1-5-17-9-12/h1-5,8-9,16H,6-7,10H2. The van der Waals surface area contributed by atoms with E-state index in [2.05, 4.69) is 4.98 Å². The Balaban J connectivity index is 1.62. The van der Waals surface area contributed by atoms with Crippen LogP contribution in [-0.4, -0.2) is 34.9 Å². The molecule has 2 aromatic rings. The van der Waals surface area contributed by atoms with Gasteiger partial charge in [0.1, 0.15) is 5.37 Å². The van der Waals surface area contributed by atoms with Crippen molar-refractivity contribution in [2.45, 2.75) is 5.37 Å². The summed E-state index contributed by atoms with van der Waals surface area (Å²) in [6.07, 6.45) is 3.57. The summed E-state index contributed by atoms with van der Waals surface area (Å²) in [7, 11) is 0. The number of pyridine rings is 1. The first-order valence-electron chi connectivity index (χ1n) is 7.05. The Kier molecular flexibility index (Phi) is 3.38. The quantitative estimate of drug-likeness (QED) is 0.853. The number of ether oxygens (including phenoxy) is 2. The number of carbonyl (C=O) groups excluding carboxylic acids is 1. The monoisotopic (exact) mass is 314 g/mol. The molecule has 3 heterocycles. The lowest BCUT2D eigenvalue weighted by atomic mass is 10.1. The highest BCUT2D eigenvalue weighted by atomic mass is 32.2. The summed E-state index contributed by atoms with van der Waals surface area (Å²) in [5, 5.41) is 0.0200. The van der Waals surface area contributed by atoms with Crippen molar-refractivity contribution in [3.8, 4) is 11.5 Å². The van der Waals surface area contributed by atoms with E-state index >= 15 is 0 Å². The van der Waals surface area contributed by atoms with Gasteiger partial charge in [0.15, 0.2) is 11.5 Å². The van der Waals surface area contributed by atoms with Gasteiger partial charge in [-0.25, -0.2) is 0 Å². The summed E-state index contributed by atoms with van der Waals surface area (Å²) in [6.45, 7) is 0.947. The number of hydrogen-bond acceptors (Lipinski definition) is 5. The lowest BCUT2D eigenvalue weighted by Gasteiger charge is -2.24. The Labute approximate surface area is 132 Å². The van der Waals surface area contributed by atoms with Crippen LogP contribution in [0.1, 0.15) is 21.3 Å². The molecule has 0 spiro atoms. The first-order chi connectivity index (χ1) is 10.8. The van der Waals surface area contributed by atoms with E-state index in [1.165, 1.54) is 0 Å². The highest BCUT2D eigenvalue weighted by Gasteiger charge is 2.32. The number of carbonyl (C=O) groups is 1. The Bertz CT molecular complexity index is 708. The molecule has 1 aromatic heterocycles. The molecule has 0 aliphatic carbocycles. The molecular formula is C16H14N2O3S. The molecule has 22 heavy (non-hydrogen) atoms. The maximum absolute atomic E-state index is 12.8. The fraction of sp³-hybridized carbons (Fsp3) is 0.250. The van der Waals surface area contributed by atoms with E-state index in [0.29, 0.717) is 17.1 Å². The lowest BCUT2D eigenvalue weighted by Crippen LogP contribution is -2.30. The lowest BCUT2D eigenvalue weighted by molar-refractivity contribution is 0.0759. The van der Waals surface area contributed by atoms with E-state index in [9.17, 15) is 4.79 Å². The Hall–Kier alpha value is -2.21. The second-order valence-corrected chi connectivity index (χ2v) is 6.26. The van der Waals surface area contributed by atoms with Crippen LogP contribution < -0.4 is 9.47 Å². The van der Waals surface area contributed by atoms with Crippen LogP contribution in [0, 0.1) is 0 Å². The van der Waals surface area contributed by atoms with Crippen LogP contribution in [0.15, 0.2) is 42.7 Å². The van der Waals surface area contributed by atoms with Gasteiger partial charge in [-0.15, -0.1) is 11.8 Å². The second-order valence-electron chi connectivity index (χ2n) is 5.08. The SMILES string of the molecule is O=C(c1ccc2c(c1)OCO2)N1CCSC1c1cccnc1. The number of aromatic nitrogens is 1. The van der Waals surface area contributed by atoms with Gasteiger partial charge in [0, 0.05) is 35.8 Å². The zero-order chi connectivity index (χ0) is 14.9. The number of amides is 1. The largest absolute Gasteiger partial charge is 0.454 e. The average molecular weight is 314 g/mol. The number of fused-ring (bicyclic) bond motifs is 1. The molecule has 5 nitrogen and oxygen atoms in total. The zero-order valence-electron chi connectivity index (χ0n) is 11.8. The van der Waals surface area contributed by atoms with Crippen molar-refractivity contribution in [1.29, 1.82) is 0 Å². The Morgan fingerprint density at radius 1 is 1.27 bits per heavy atom. The first-order valence-corrected chi connectivity index (χ1v) is 8.10. The van der Waals surface area contributed by atoms with Gasteiger partial charge < -0.3 is 14.4 Å². The van der Waals surface area contributed by atoms with Gasteiger partial charge in [0.25, 0.3) is 5.91 Å². The van der Waals surface area contributed by atoms with Gasteiger partial charge in [-0.05, 0) is 24.3 Å². The summed E-state index contributed by atoms with van der Waals surface area (Å²) in [4.78, 5) is 18.9. The van der Waals surface area contributed by atoms with Crippen LogP contribution in [0.5, 0.6) is 11.5 Å². The van der Waals surface area contributed by atoms with E-state index in [4.69, 9.17) is 9.47 Å². The van der Waals surface area contributed by atoms with Gasteiger partial charge in [0.05, 0.1) is 0 Å². The third-order valence-electron chi connectivity index (χ3n) is 3.74. The summed E-state index contributed by atoms with van der Waals surface area (Å²) < 4.78 is 10.6. The van der Waals surface area contributed by atoms with Crippen molar-refractivity contribution in [3.63, 3.8) is 0 Å². The second kappa shape index (κ2) is 5.53. The molecule has 1 fully saturated rings. The predicted molar refractivity (Wildman–Crippen MR) is 83.0 cm³/mol. The minimum absolute atomic E-state index is 0.0113. The number of hydrogen-bond donors (Lipinski definition) is 0. The molecule has 112 valence electrons. The molecule has 0 bridgehead atoms. The van der Waals surface area contributed by atoms with Crippen molar-refractivity contribution in [2.24, 2.45) is 0 Å². The first kappa shape index (κ1) is 13.5. The molecule has 0 N–H and O–H groups in total. The zero-order valence-corrected chi connectivity index (χ0v) is 12.6. The normalized spacial score (nSPS) is 19.5. The summed E-state index contributed by atoms with van der Waals surface area (Å²) in [6, 6.07) is 9.25. The van der Waals surface area contributed by atoms with Gasteiger partial charge >= 0.3 is 0 Å². The van der Waals surface area contributed by atoms with Gasteiger partial charge in [-0.1, -0.05) is 6.07 Å². The van der Waals surface area contributed by atoms with Crippen LogP contribution in [0.2, 0.25) is 0 Å². The van der Waals surface area contributed by atoms with E-state index in [1.54, 1.807) is 36.2 Å². The molecule has 1 atom stereocenters. The van der Waals surface area contributed by atoms with Gasteiger partial charge in [0.2, 0.25) is 6.79 Å². The molecular weight excluding hydrogens is 300 g/mol. The van der Waals surface area contributed by atoms with Gasteiger partial charge in [-0.3, -0.25) is 9.78 Å². The molecule has 4 rings (SSSR count). The van der Waals surface area contributed by atoms with Crippen molar-refractivity contribution in [2.75, 3.05) is 19.1 Å². The number of nitrogens with zero attached hydrogens (tertiary/aromatic N) is 2. The third-order valence-corrected chi connectivity index (χ3v) is 5.00. The van der Waals surface area contributed by atoms with Crippen molar-refractivity contribution in [1.82, 2.24) is 9.88 Å². The Morgan fingerprint density at radius 3 is 3.05 bits per heavy atom. The fourth-order valence-electron chi connectivity index (χ4n) is 2.67. The van der Waals surface area contributed by atoms with Crippen LogP contribution in [0.3, 0.4) is 0 Å². The van der Waals surface area contributed by atoms with E-state index in [1.807, 2.05) is 23.2 Å². The van der Waals surface area contributed by atoms with E-state index in [-0.39, 0.29) is 18.1 Å². The molecule has 2 aliphatic rings. The minimum atomic E-state index is 0.0113. The number of benzene rings is 1. The number of rotatable bonds is 2. The minimum Gasteiger partial charge on any atom is -0.454 e. The van der Waals surface area contributed by atoms with Crippen molar-refractivity contribution >= 4 is 17.7 Å². The van der Waals surface area contributed by atoms with E-state index < -0.39 is 0 Å². The third kappa shape index (κ3) is 2.29. The average Bonchev–Trinajstić information content (AvgIpc) is 3.23. The molecule has 6 heteroatoms. The highest BCUT2D eigenvalue weighted by molar-refractivity contribution is 7.99. The topological polar surface area (TPSA) is 51.7 Å². The molecule has 2 aliphatic heterocycles. The molecule has 0 radical (unpaired) electrons. The molecule has 1 aromatic carbocycles. The smallest absolute Gasteiger partial charge is 0.255 e. The van der Waals surface area contributed by atoms with Crippen molar-refractivity contribution < 1.29 is 14.3 Å². The maximum Gasteiger partial charge on any atom is 0.255 e. The predicted octanol–water partition coefficient (Wildman–Crippen LogP) is 2.70. The Morgan fingerprint density at radius 2 is 2.18 bits per heavy atom. The molecule has 1 amide bonds. The molecule has 0 saturated carbocycles. The van der Waals surface area contributed by atoms with Crippen LogP contribution in [-0.2, 0) is 0 Å². The van der Waals surface area contributed by atoms with E-state index in [0.717, 1.165) is 17.9 Å². The highest BCUT2D eigenvalue weighted by Crippen LogP contribution is 2.39. The van der Waals surface area contributed by atoms with Crippen molar-refractivity contribution in [3.05, 3.63) is 53.9 Å². The van der Waals surface area contributed by atoms with Gasteiger partial charge in [-0.2, -0.15) is 0 Å². The van der Waals surface area contributed by atoms with Crippen LogP contribution in [0.4, 0.5) is 0 Å². The maximum atomic E-state index is 12.8. The fourth-order valence-corrected chi connectivity index (χ4v) is 3.91. The van der Waals surface area contributed by atoms with Crippen LogP contribution >= 0.6 is 11.8 Å². The van der Waals surface area contributed by atoms with Crippen LogP contribution in [0.25, 0.3) is 0 Å². The summed E-state index contributed by atoms with van der Waals surface area (Å²) >= 11 is 1.76.